The standard InChI is InChI=1S/C28H29N5O2/c1-28(13-3-4-14-28)16-18-5-9-21(10-6-18)31-27(35)25-22-15-19(7-11-23(22)32-33-25)20-8-12-24(30-17-20)26(34)29-2/h5-12,15,17H,3-4,13-14,16H2,1-2H3,(H,29,34)(H,31,35)(H,32,33). The smallest absolute Gasteiger partial charge is 0.276 e. The molecule has 1 aliphatic rings. The molecule has 0 saturated heterocycles. The van der Waals surface area contributed by atoms with Gasteiger partial charge in [-0.2, -0.15) is 5.10 Å². The molecule has 7 nitrogen and oxygen atoms in total. The molecule has 2 amide bonds. The number of carbonyl (C=O) groups excluding carboxylic acids is 2. The number of H-pyrrole nitrogens is 1. The summed E-state index contributed by atoms with van der Waals surface area (Å²) in [5, 5.41) is 13.5. The fourth-order valence-corrected chi connectivity index (χ4v) is 4.99. The van der Waals surface area contributed by atoms with Crippen LogP contribution >= 0.6 is 0 Å². The van der Waals surface area contributed by atoms with Crippen molar-refractivity contribution in [2.24, 2.45) is 5.41 Å². The Bertz CT molecular complexity index is 1370. The number of nitrogens with one attached hydrogen (secondary N) is 3. The first kappa shape index (κ1) is 22.8. The topological polar surface area (TPSA) is 99.8 Å². The first-order chi connectivity index (χ1) is 16.9. The Labute approximate surface area is 204 Å². The maximum Gasteiger partial charge on any atom is 0.276 e. The Balaban J connectivity index is 1.33. The SMILES string of the molecule is CNC(=O)c1ccc(-c2ccc3[nH]nc(C(=O)Nc4ccc(CC5(C)CCCC5)cc4)c3c2)cn1. The summed E-state index contributed by atoms with van der Waals surface area (Å²) in [4.78, 5) is 29.0. The predicted molar refractivity (Wildman–Crippen MR) is 137 cm³/mol. The molecular formula is C28H29N5O2. The average Bonchev–Trinajstić information content (AvgIpc) is 3.50. The summed E-state index contributed by atoms with van der Waals surface area (Å²) < 4.78 is 0. The van der Waals surface area contributed by atoms with Crippen molar-refractivity contribution < 1.29 is 9.59 Å². The van der Waals surface area contributed by atoms with Crippen molar-refractivity contribution in [3.05, 3.63) is 77.7 Å². The third-order valence-corrected chi connectivity index (χ3v) is 6.99. The Morgan fingerprint density at radius 1 is 0.971 bits per heavy atom. The van der Waals surface area contributed by atoms with Crippen LogP contribution in [0.2, 0.25) is 0 Å². The zero-order valence-corrected chi connectivity index (χ0v) is 20.0. The Kier molecular flexibility index (Phi) is 6.07. The van der Waals surface area contributed by atoms with Gasteiger partial charge in [0.15, 0.2) is 5.69 Å². The summed E-state index contributed by atoms with van der Waals surface area (Å²) in [6.45, 7) is 2.37. The average molecular weight is 468 g/mol. The third-order valence-electron chi connectivity index (χ3n) is 6.99. The Hall–Kier alpha value is -4.00. The third kappa shape index (κ3) is 4.80. The van der Waals surface area contributed by atoms with E-state index in [1.165, 1.54) is 31.2 Å². The molecule has 2 aromatic carbocycles. The van der Waals surface area contributed by atoms with Crippen LogP contribution in [0.4, 0.5) is 5.69 Å². The molecule has 5 rings (SSSR count). The van der Waals surface area contributed by atoms with Crippen LogP contribution in [0.3, 0.4) is 0 Å². The zero-order chi connectivity index (χ0) is 24.4. The van der Waals surface area contributed by atoms with Gasteiger partial charge in [0.1, 0.15) is 5.69 Å². The second-order valence-electron chi connectivity index (χ2n) is 9.69. The molecule has 0 radical (unpaired) electrons. The minimum atomic E-state index is -0.267. The van der Waals surface area contributed by atoms with Crippen LogP contribution in [-0.4, -0.2) is 34.0 Å². The van der Waals surface area contributed by atoms with Gasteiger partial charge in [-0.3, -0.25) is 19.7 Å². The number of aromatic nitrogens is 3. The maximum absolute atomic E-state index is 13.1. The number of nitrogens with zero attached hydrogens (tertiary/aromatic N) is 2. The Morgan fingerprint density at radius 2 is 1.71 bits per heavy atom. The van der Waals surface area contributed by atoms with E-state index in [0.29, 0.717) is 16.8 Å². The molecule has 0 aliphatic heterocycles. The van der Waals surface area contributed by atoms with Gasteiger partial charge in [-0.1, -0.05) is 44.0 Å². The van der Waals surface area contributed by atoms with Crippen LogP contribution < -0.4 is 10.6 Å². The van der Waals surface area contributed by atoms with Crippen molar-refractivity contribution in [1.29, 1.82) is 0 Å². The van der Waals surface area contributed by atoms with Gasteiger partial charge >= 0.3 is 0 Å². The molecule has 178 valence electrons. The fraction of sp³-hybridized carbons (Fsp3) is 0.286. The second-order valence-corrected chi connectivity index (χ2v) is 9.69. The lowest BCUT2D eigenvalue weighted by molar-refractivity contribution is 0.0957. The highest BCUT2D eigenvalue weighted by Gasteiger charge is 2.28. The quantitative estimate of drug-likeness (QED) is 0.355. The van der Waals surface area contributed by atoms with Crippen molar-refractivity contribution >= 4 is 28.4 Å². The molecule has 7 heteroatoms. The number of pyridine rings is 1. The van der Waals surface area contributed by atoms with Crippen LogP contribution in [0.5, 0.6) is 0 Å². The van der Waals surface area contributed by atoms with Crippen molar-refractivity contribution in [2.75, 3.05) is 12.4 Å². The van der Waals surface area contributed by atoms with Crippen LogP contribution in [-0.2, 0) is 6.42 Å². The first-order valence-corrected chi connectivity index (χ1v) is 12.0. The van der Waals surface area contributed by atoms with E-state index in [4.69, 9.17) is 0 Å². The summed E-state index contributed by atoms with van der Waals surface area (Å²) in [6.07, 6.45) is 7.94. The summed E-state index contributed by atoms with van der Waals surface area (Å²) in [5.41, 5.74) is 5.63. The molecular weight excluding hydrogens is 438 g/mol. The highest BCUT2D eigenvalue weighted by atomic mass is 16.2. The van der Waals surface area contributed by atoms with E-state index in [9.17, 15) is 9.59 Å². The van der Waals surface area contributed by atoms with E-state index in [2.05, 4.69) is 44.9 Å². The first-order valence-electron chi connectivity index (χ1n) is 12.0. The molecule has 2 heterocycles. The van der Waals surface area contributed by atoms with E-state index in [1.54, 1.807) is 19.3 Å². The minimum absolute atomic E-state index is 0.235. The monoisotopic (exact) mass is 467 g/mol. The molecule has 1 fully saturated rings. The summed E-state index contributed by atoms with van der Waals surface area (Å²) in [5.74, 6) is -0.501. The van der Waals surface area contributed by atoms with Crippen LogP contribution in [0, 0.1) is 5.41 Å². The van der Waals surface area contributed by atoms with Crippen molar-refractivity contribution in [3.63, 3.8) is 0 Å². The van der Waals surface area contributed by atoms with E-state index >= 15 is 0 Å². The molecule has 0 atom stereocenters. The normalized spacial score (nSPS) is 14.7. The van der Waals surface area contributed by atoms with E-state index in [-0.39, 0.29) is 11.8 Å². The molecule has 0 spiro atoms. The van der Waals surface area contributed by atoms with Gasteiger partial charge in [-0.05, 0) is 66.1 Å². The molecule has 2 aromatic heterocycles. The number of hydrogen-bond acceptors (Lipinski definition) is 4. The van der Waals surface area contributed by atoms with Crippen molar-refractivity contribution in [2.45, 2.75) is 39.0 Å². The highest BCUT2D eigenvalue weighted by molar-refractivity contribution is 6.11. The maximum atomic E-state index is 13.1. The lowest BCUT2D eigenvalue weighted by Crippen LogP contribution is -2.18. The summed E-state index contributed by atoms with van der Waals surface area (Å²) in [7, 11) is 1.57. The molecule has 3 N–H and O–H groups in total. The Morgan fingerprint density at radius 3 is 2.40 bits per heavy atom. The van der Waals surface area contributed by atoms with Gasteiger partial charge in [0, 0.05) is 29.9 Å². The molecule has 1 saturated carbocycles. The number of carbonyl (C=O) groups is 2. The van der Waals surface area contributed by atoms with Gasteiger partial charge in [-0.15, -0.1) is 0 Å². The number of benzene rings is 2. The molecule has 0 bridgehead atoms. The van der Waals surface area contributed by atoms with E-state index in [0.717, 1.165) is 34.1 Å². The summed E-state index contributed by atoms with van der Waals surface area (Å²) >= 11 is 0. The number of rotatable bonds is 6. The lowest BCUT2D eigenvalue weighted by atomic mass is 9.82. The molecule has 1 aliphatic carbocycles. The molecule has 4 aromatic rings. The highest BCUT2D eigenvalue weighted by Crippen LogP contribution is 2.40. The number of amides is 2. The minimum Gasteiger partial charge on any atom is -0.354 e. The van der Waals surface area contributed by atoms with Gasteiger partial charge in [0.25, 0.3) is 11.8 Å². The van der Waals surface area contributed by atoms with Crippen LogP contribution in [0.15, 0.2) is 60.8 Å². The number of fused-ring (bicyclic) bond motifs is 1. The van der Waals surface area contributed by atoms with Crippen molar-refractivity contribution in [1.82, 2.24) is 20.5 Å². The largest absolute Gasteiger partial charge is 0.354 e. The summed E-state index contributed by atoms with van der Waals surface area (Å²) in [6, 6.07) is 17.4. The molecule has 0 unspecified atom stereocenters. The molecule has 35 heavy (non-hydrogen) atoms. The second kappa shape index (κ2) is 9.33. The van der Waals surface area contributed by atoms with Crippen LogP contribution in [0.25, 0.3) is 22.0 Å². The van der Waals surface area contributed by atoms with E-state index in [1.807, 2.05) is 36.4 Å². The number of anilines is 1. The van der Waals surface area contributed by atoms with Gasteiger partial charge in [-0.25, -0.2) is 0 Å². The van der Waals surface area contributed by atoms with Gasteiger partial charge in [0.05, 0.1) is 5.52 Å². The number of aromatic amines is 1. The fourth-order valence-electron chi connectivity index (χ4n) is 4.99. The van der Waals surface area contributed by atoms with Crippen molar-refractivity contribution in [3.8, 4) is 11.1 Å². The van der Waals surface area contributed by atoms with Gasteiger partial charge in [0.2, 0.25) is 0 Å². The van der Waals surface area contributed by atoms with Crippen LogP contribution in [0.1, 0.15) is 59.1 Å². The lowest BCUT2D eigenvalue weighted by Gasteiger charge is -2.23. The van der Waals surface area contributed by atoms with Gasteiger partial charge < -0.3 is 10.6 Å². The number of hydrogen-bond donors (Lipinski definition) is 3. The zero-order valence-electron chi connectivity index (χ0n) is 20.0. The van der Waals surface area contributed by atoms with E-state index < -0.39 is 0 Å². The predicted octanol–water partition coefficient (Wildman–Crippen LogP) is 5.36.